The first-order valence-electron chi connectivity index (χ1n) is 7.50. The average Bonchev–Trinajstić information content (AvgIpc) is 2.93. The number of hydrogen-bond acceptors (Lipinski definition) is 7. The number of sulfone groups is 1. The summed E-state index contributed by atoms with van der Waals surface area (Å²) < 4.78 is 22.8. The molecule has 0 bridgehead atoms. The molecule has 1 amide bonds. The summed E-state index contributed by atoms with van der Waals surface area (Å²) in [4.78, 5) is 16.0. The van der Waals surface area contributed by atoms with E-state index in [1.807, 2.05) is 12.1 Å². The molecule has 0 aliphatic carbocycles. The number of rotatable bonds is 5. The Hall–Kier alpha value is -2.55. The van der Waals surface area contributed by atoms with E-state index in [-0.39, 0.29) is 23.2 Å². The zero-order valence-electron chi connectivity index (χ0n) is 12.8. The standard InChI is InChI=1S/C15H17N5O3S/c21-15(18-12-5-8-24(22,23)10-12)13-1-2-14(20-19-13)17-9-11-3-6-16-7-4-11/h1-4,6-7,12H,5,8-10H2,(H,17,20)(H,18,21). The van der Waals surface area contributed by atoms with Gasteiger partial charge in [0.15, 0.2) is 15.5 Å². The fourth-order valence-corrected chi connectivity index (χ4v) is 4.08. The lowest BCUT2D eigenvalue weighted by Crippen LogP contribution is -2.36. The molecule has 0 spiro atoms. The van der Waals surface area contributed by atoms with E-state index in [0.717, 1.165) is 5.56 Å². The van der Waals surface area contributed by atoms with Crippen LogP contribution < -0.4 is 10.6 Å². The smallest absolute Gasteiger partial charge is 0.272 e. The summed E-state index contributed by atoms with van der Waals surface area (Å²) in [6.45, 7) is 0.572. The average molecular weight is 347 g/mol. The van der Waals surface area contributed by atoms with Crippen molar-refractivity contribution in [3.63, 3.8) is 0 Å². The van der Waals surface area contributed by atoms with Crippen LogP contribution in [0.2, 0.25) is 0 Å². The van der Waals surface area contributed by atoms with E-state index in [9.17, 15) is 13.2 Å². The largest absolute Gasteiger partial charge is 0.365 e. The van der Waals surface area contributed by atoms with Gasteiger partial charge in [-0.3, -0.25) is 9.78 Å². The molecule has 8 nitrogen and oxygen atoms in total. The Balaban J connectivity index is 1.55. The normalized spacial score (nSPS) is 18.9. The Morgan fingerprint density at radius 1 is 1.17 bits per heavy atom. The fourth-order valence-electron chi connectivity index (χ4n) is 2.41. The van der Waals surface area contributed by atoms with Crippen molar-refractivity contribution in [1.29, 1.82) is 0 Å². The van der Waals surface area contributed by atoms with Crippen LogP contribution in [-0.2, 0) is 16.4 Å². The third-order valence-electron chi connectivity index (χ3n) is 3.69. The predicted molar refractivity (Wildman–Crippen MR) is 88.1 cm³/mol. The summed E-state index contributed by atoms with van der Waals surface area (Å²) in [7, 11) is -3.03. The highest BCUT2D eigenvalue weighted by Gasteiger charge is 2.29. The number of carbonyl (C=O) groups excluding carboxylic acids is 1. The number of hydrogen-bond donors (Lipinski definition) is 2. The number of amides is 1. The maximum absolute atomic E-state index is 12.1. The fraction of sp³-hybridized carbons (Fsp3) is 0.333. The van der Waals surface area contributed by atoms with Gasteiger partial charge >= 0.3 is 0 Å². The van der Waals surface area contributed by atoms with Gasteiger partial charge in [0, 0.05) is 25.0 Å². The van der Waals surface area contributed by atoms with E-state index >= 15 is 0 Å². The molecule has 0 radical (unpaired) electrons. The van der Waals surface area contributed by atoms with Gasteiger partial charge in [0.25, 0.3) is 5.91 Å². The highest BCUT2D eigenvalue weighted by Crippen LogP contribution is 2.12. The van der Waals surface area contributed by atoms with Crippen LogP contribution in [0.3, 0.4) is 0 Å². The molecule has 1 aliphatic heterocycles. The van der Waals surface area contributed by atoms with Crippen LogP contribution in [0, 0.1) is 0 Å². The molecule has 1 saturated heterocycles. The maximum atomic E-state index is 12.1. The van der Waals surface area contributed by atoms with Crippen molar-refractivity contribution in [2.75, 3.05) is 16.8 Å². The number of carbonyl (C=O) groups is 1. The summed E-state index contributed by atoms with van der Waals surface area (Å²) >= 11 is 0. The van der Waals surface area contributed by atoms with Crippen molar-refractivity contribution in [3.05, 3.63) is 47.9 Å². The van der Waals surface area contributed by atoms with Gasteiger partial charge in [0.2, 0.25) is 0 Å². The molecule has 24 heavy (non-hydrogen) atoms. The molecule has 2 aromatic heterocycles. The minimum absolute atomic E-state index is 0.0161. The first-order chi connectivity index (χ1) is 11.5. The van der Waals surface area contributed by atoms with E-state index < -0.39 is 15.7 Å². The highest BCUT2D eigenvalue weighted by atomic mass is 32.2. The molecule has 0 saturated carbocycles. The van der Waals surface area contributed by atoms with Gasteiger partial charge in [0.05, 0.1) is 11.5 Å². The zero-order valence-corrected chi connectivity index (χ0v) is 13.7. The van der Waals surface area contributed by atoms with E-state index in [2.05, 4.69) is 25.8 Å². The Kier molecular flexibility index (Phi) is 4.70. The van der Waals surface area contributed by atoms with Crippen LogP contribution in [0.4, 0.5) is 5.82 Å². The van der Waals surface area contributed by atoms with Crippen LogP contribution in [0.25, 0.3) is 0 Å². The van der Waals surface area contributed by atoms with Crippen LogP contribution in [0.15, 0.2) is 36.7 Å². The monoisotopic (exact) mass is 347 g/mol. The molecule has 9 heteroatoms. The first kappa shape index (κ1) is 16.3. The minimum atomic E-state index is -3.03. The second kappa shape index (κ2) is 6.91. The molecule has 126 valence electrons. The zero-order chi connectivity index (χ0) is 17.0. The molecule has 1 unspecified atom stereocenters. The summed E-state index contributed by atoms with van der Waals surface area (Å²) in [6, 6.07) is 6.64. The lowest BCUT2D eigenvalue weighted by atomic mass is 10.2. The molecule has 2 aromatic rings. The molecule has 1 fully saturated rings. The van der Waals surface area contributed by atoms with Crippen LogP contribution in [0.5, 0.6) is 0 Å². The summed E-state index contributed by atoms with van der Waals surface area (Å²) in [5.41, 5.74) is 1.21. The van der Waals surface area contributed by atoms with Gasteiger partial charge < -0.3 is 10.6 Å². The third-order valence-corrected chi connectivity index (χ3v) is 5.46. The number of aromatic nitrogens is 3. The van der Waals surface area contributed by atoms with Crippen molar-refractivity contribution < 1.29 is 13.2 Å². The number of nitrogens with one attached hydrogen (secondary N) is 2. The van der Waals surface area contributed by atoms with Crippen molar-refractivity contribution >= 4 is 21.6 Å². The summed E-state index contributed by atoms with van der Waals surface area (Å²) in [5, 5.41) is 13.6. The molecule has 1 atom stereocenters. The molecule has 3 rings (SSSR count). The second-order valence-electron chi connectivity index (χ2n) is 5.59. The lowest BCUT2D eigenvalue weighted by molar-refractivity contribution is 0.0935. The molecule has 0 aromatic carbocycles. The molecule has 2 N–H and O–H groups in total. The maximum Gasteiger partial charge on any atom is 0.272 e. The van der Waals surface area contributed by atoms with Crippen LogP contribution in [-0.4, -0.2) is 47.1 Å². The van der Waals surface area contributed by atoms with Crippen molar-refractivity contribution in [2.45, 2.75) is 19.0 Å². The van der Waals surface area contributed by atoms with E-state index in [0.29, 0.717) is 18.8 Å². The van der Waals surface area contributed by atoms with Gasteiger partial charge in [-0.15, -0.1) is 10.2 Å². The first-order valence-corrected chi connectivity index (χ1v) is 9.32. The molecular weight excluding hydrogens is 330 g/mol. The van der Waals surface area contributed by atoms with Gasteiger partial charge in [-0.2, -0.15) is 0 Å². The number of nitrogens with zero attached hydrogens (tertiary/aromatic N) is 3. The Morgan fingerprint density at radius 2 is 1.96 bits per heavy atom. The van der Waals surface area contributed by atoms with Crippen molar-refractivity contribution in [3.8, 4) is 0 Å². The quantitative estimate of drug-likeness (QED) is 0.804. The predicted octanol–water partition coefficient (Wildman–Crippen LogP) is 0.401. The summed E-state index contributed by atoms with van der Waals surface area (Å²) in [5.74, 6) is 0.233. The van der Waals surface area contributed by atoms with E-state index in [4.69, 9.17) is 0 Å². The van der Waals surface area contributed by atoms with Crippen molar-refractivity contribution in [2.24, 2.45) is 0 Å². The minimum Gasteiger partial charge on any atom is -0.365 e. The van der Waals surface area contributed by atoms with Crippen LogP contribution in [0.1, 0.15) is 22.5 Å². The van der Waals surface area contributed by atoms with E-state index in [1.54, 1.807) is 24.5 Å². The second-order valence-corrected chi connectivity index (χ2v) is 7.81. The Morgan fingerprint density at radius 3 is 2.58 bits per heavy atom. The van der Waals surface area contributed by atoms with Crippen LogP contribution >= 0.6 is 0 Å². The topological polar surface area (TPSA) is 114 Å². The SMILES string of the molecule is O=C(NC1CCS(=O)(=O)C1)c1ccc(NCc2ccncc2)nn1. The molecular formula is C15H17N5O3S. The number of anilines is 1. The lowest BCUT2D eigenvalue weighted by Gasteiger charge is -2.10. The van der Waals surface area contributed by atoms with Gasteiger partial charge in [-0.05, 0) is 36.2 Å². The van der Waals surface area contributed by atoms with Gasteiger partial charge in [0.1, 0.15) is 5.82 Å². The third kappa shape index (κ3) is 4.25. The molecule has 1 aliphatic rings. The van der Waals surface area contributed by atoms with Gasteiger partial charge in [-0.1, -0.05) is 0 Å². The molecule has 3 heterocycles. The Labute approximate surface area is 139 Å². The summed E-state index contributed by atoms with van der Waals surface area (Å²) in [6.07, 6.45) is 3.85. The van der Waals surface area contributed by atoms with Crippen molar-refractivity contribution in [1.82, 2.24) is 20.5 Å². The number of pyridine rings is 1. The van der Waals surface area contributed by atoms with E-state index in [1.165, 1.54) is 0 Å². The Bertz CT molecular complexity index is 809. The highest BCUT2D eigenvalue weighted by molar-refractivity contribution is 7.91. The van der Waals surface area contributed by atoms with Gasteiger partial charge in [-0.25, -0.2) is 8.42 Å².